The van der Waals surface area contributed by atoms with Gasteiger partial charge in [-0.3, -0.25) is 4.74 Å². The Balaban J connectivity index is 3.99. The van der Waals surface area contributed by atoms with Gasteiger partial charge in [-0.2, -0.15) is 0 Å². The van der Waals surface area contributed by atoms with Gasteiger partial charge in [0.25, 0.3) is 0 Å². The highest BCUT2D eigenvalue weighted by atomic mass is 35.6. The zero-order valence-electron chi connectivity index (χ0n) is 4.91. The summed E-state index contributed by atoms with van der Waals surface area (Å²) in [6, 6.07) is 0. The third-order valence-corrected chi connectivity index (χ3v) is 1.11. The lowest BCUT2D eigenvalue weighted by Crippen LogP contribution is -2.41. The zero-order valence-corrected chi connectivity index (χ0v) is 7.18. The van der Waals surface area contributed by atoms with E-state index in [4.69, 9.17) is 55.2 Å². The number of hydrogen-bond acceptors (Lipinski definition) is 5. The standard InChI is InChI=1S/C3H5Cl3O5/c4-2(5,6)1(7)11-3(8,9)10/h1,7-10H. The van der Waals surface area contributed by atoms with Crippen molar-refractivity contribution < 1.29 is 25.2 Å². The molecule has 0 spiro atoms. The summed E-state index contributed by atoms with van der Waals surface area (Å²) in [5.74, 6) is 0. The van der Waals surface area contributed by atoms with Crippen LogP contribution in [0.2, 0.25) is 0 Å². The van der Waals surface area contributed by atoms with Gasteiger partial charge in [0.05, 0.1) is 0 Å². The molecule has 0 aromatic rings. The second-order valence-electron chi connectivity index (χ2n) is 1.59. The predicted octanol–water partition coefficient (Wildman–Crippen LogP) is -0.720. The van der Waals surface area contributed by atoms with E-state index in [2.05, 4.69) is 4.74 Å². The molecule has 0 bridgehead atoms. The van der Waals surface area contributed by atoms with Crippen molar-refractivity contribution in [1.82, 2.24) is 0 Å². The first kappa shape index (κ1) is 11.7. The molecule has 0 aliphatic carbocycles. The minimum absolute atomic E-state index is 2.15. The van der Waals surface area contributed by atoms with E-state index < -0.39 is 16.2 Å². The molecule has 0 amide bonds. The summed E-state index contributed by atoms with van der Waals surface area (Å²) in [6.07, 6.45) is -5.67. The second-order valence-corrected chi connectivity index (χ2v) is 3.95. The van der Waals surface area contributed by atoms with Crippen LogP contribution in [-0.2, 0) is 4.74 Å². The van der Waals surface area contributed by atoms with E-state index in [1.54, 1.807) is 0 Å². The van der Waals surface area contributed by atoms with Gasteiger partial charge >= 0.3 is 6.16 Å². The number of aliphatic hydroxyl groups is 4. The largest absolute Gasteiger partial charge is 0.407 e. The molecule has 0 aliphatic heterocycles. The lowest BCUT2D eigenvalue weighted by atomic mass is 10.7. The van der Waals surface area contributed by atoms with Crippen molar-refractivity contribution in [2.75, 3.05) is 0 Å². The maximum absolute atomic E-state index is 8.62. The van der Waals surface area contributed by atoms with Crippen molar-refractivity contribution in [2.45, 2.75) is 16.2 Å². The lowest BCUT2D eigenvalue weighted by molar-refractivity contribution is -0.481. The normalized spacial score (nSPS) is 16.6. The molecular weight excluding hydrogens is 222 g/mol. The van der Waals surface area contributed by atoms with E-state index in [0.29, 0.717) is 0 Å². The summed E-state index contributed by atoms with van der Waals surface area (Å²) >= 11 is 15.0. The number of aliphatic hydroxyl groups excluding tert-OH is 1. The minimum Gasteiger partial charge on any atom is -0.364 e. The van der Waals surface area contributed by atoms with E-state index in [-0.39, 0.29) is 0 Å². The van der Waals surface area contributed by atoms with E-state index in [1.807, 2.05) is 0 Å². The molecule has 0 rings (SSSR count). The van der Waals surface area contributed by atoms with E-state index >= 15 is 0 Å². The summed E-state index contributed by atoms with van der Waals surface area (Å²) in [6.45, 7) is 0. The van der Waals surface area contributed by atoms with Crippen LogP contribution in [0.4, 0.5) is 0 Å². The molecule has 1 atom stereocenters. The first-order valence-corrected chi connectivity index (χ1v) is 3.36. The molecule has 1 unspecified atom stereocenters. The Bertz CT molecular complexity index is 126. The summed E-state index contributed by atoms with van der Waals surface area (Å²) in [4.78, 5) is 0. The highest BCUT2D eigenvalue weighted by molar-refractivity contribution is 6.67. The van der Waals surface area contributed by atoms with Crippen molar-refractivity contribution in [3.63, 3.8) is 0 Å². The molecule has 68 valence electrons. The van der Waals surface area contributed by atoms with Crippen molar-refractivity contribution >= 4 is 34.8 Å². The van der Waals surface area contributed by atoms with Crippen LogP contribution < -0.4 is 0 Å². The topological polar surface area (TPSA) is 90.2 Å². The maximum atomic E-state index is 8.62. The number of alkyl halides is 3. The molecule has 0 saturated carbocycles. The zero-order chi connectivity index (χ0) is 9.28. The Morgan fingerprint density at radius 2 is 1.45 bits per heavy atom. The smallest absolute Gasteiger partial charge is 0.364 e. The average Bonchev–Trinajstić information content (AvgIpc) is 1.56. The Hall–Kier alpha value is 0.670. The minimum atomic E-state index is -3.52. The molecule has 5 nitrogen and oxygen atoms in total. The molecule has 0 radical (unpaired) electrons. The Labute approximate surface area is 76.7 Å². The van der Waals surface area contributed by atoms with Crippen LogP contribution in [0.3, 0.4) is 0 Å². The van der Waals surface area contributed by atoms with Crippen LogP contribution in [0.15, 0.2) is 0 Å². The maximum Gasteiger partial charge on any atom is 0.407 e. The van der Waals surface area contributed by atoms with Gasteiger partial charge in [0.15, 0.2) is 0 Å². The van der Waals surface area contributed by atoms with Gasteiger partial charge in [0.2, 0.25) is 10.1 Å². The molecule has 0 aliphatic rings. The van der Waals surface area contributed by atoms with E-state index in [1.165, 1.54) is 0 Å². The quantitative estimate of drug-likeness (QED) is 0.369. The molecule has 0 aromatic carbocycles. The molecule has 8 heteroatoms. The third kappa shape index (κ3) is 5.89. The molecular formula is C3H5Cl3O5. The van der Waals surface area contributed by atoms with Crippen LogP contribution in [-0.4, -0.2) is 36.7 Å². The molecule has 4 N–H and O–H groups in total. The van der Waals surface area contributed by atoms with Crippen molar-refractivity contribution in [3.05, 3.63) is 0 Å². The van der Waals surface area contributed by atoms with Crippen LogP contribution in [0.25, 0.3) is 0 Å². The lowest BCUT2D eigenvalue weighted by Gasteiger charge is -2.23. The third-order valence-electron chi connectivity index (χ3n) is 0.550. The fourth-order valence-electron chi connectivity index (χ4n) is 0.217. The van der Waals surface area contributed by atoms with Crippen molar-refractivity contribution in [1.29, 1.82) is 0 Å². The second kappa shape index (κ2) is 3.59. The van der Waals surface area contributed by atoms with Gasteiger partial charge in [-0.25, -0.2) is 0 Å². The van der Waals surface area contributed by atoms with E-state index in [9.17, 15) is 0 Å². The first-order valence-electron chi connectivity index (χ1n) is 2.22. The molecule has 0 fully saturated rings. The van der Waals surface area contributed by atoms with Gasteiger partial charge in [0, 0.05) is 0 Å². The fourth-order valence-corrected chi connectivity index (χ4v) is 0.350. The summed E-state index contributed by atoms with van der Waals surface area (Å²) in [5, 5.41) is 32.9. The Kier molecular flexibility index (Phi) is 3.81. The van der Waals surface area contributed by atoms with Gasteiger partial charge in [-0.05, 0) is 0 Å². The Morgan fingerprint density at radius 3 is 1.55 bits per heavy atom. The number of hydrogen-bond donors (Lipinski definition) is 4. The summed E-state index contributed by atoms with van der Waals surface area (Å²) in [7, 11) is 0. The van der Waals surface area contributed by atoms with Crippen LogP contribution in [0.1, 0.15) is 0 Å². The number of rotatable bonds is 2. The number of halogens is 3. The SMILES string of the molecule is OC(OC(O)(O)O)C(Cl)(Cl)Cl. The Morgan fingerprint density at radius 1 is 1.09 bits per heavy atom. The molecule has 0 saturated heterocycles. The van der Waals surface area contributed by atoms with Crippen molar-refractivity contribution in [2.24, 2.45) is 0 Å². The van der Waals surface area contributed by atoms with Gasteiger partial charge < -0.3 is 20.4 Å². The molecule has 0 heterocycles. The summed E-state index contributed by atoms with van der Waals surface area (Å²) in [5.41, 5.74) is 0. The predicted molar refractivity (Wildman–Crippen MR) is 36.8 cm³/mol. The molecule has 0 aromatic heterocycles. The highest BCUT2D eigenvalue weighted by Gasteiger charge is 2.38. The fraction of sp³-hybridized carbons (Fsp3) is 1.00. The molecule has 11 heavy (non-hydrogen) atoms. The van der Waals surface area contributed by atoms with Gasteiger partial charge in [0.1, 0.15) is 0 Å². The summed E-state index contributed by atoms with van der Waals surface area (Å²) < 4.78 is 1.36. The first-order chi connectivity index (χ1) is 4.63. The van der Waals surface area contributed by atoms with Crippen LogP contribution in [0.5, 0.6) is 0 Å². The van der Waals surface area contributed by atoms with Gasteiger partial charge in [-0.1, -0.05) is 34.8 Å². The number of ether oxygens (including phenoxy) is 1. The average molecular weight is 227 g/mol. The van der Waals surface area contributed by atoms with E-state index in [0.717, 1.165) is 0 Å². The monoisotopic (exact) mass is 226 g/mol. The van der Waals surface area contributed by atoms with Gasteiger partial charge in [-0.15, -0.1) is 0 Å². The highest BCUT2D eigenvalue weighted by Crippen LogP contribution is 2.31. The van der Waals surface area contributed by atoms with Crippen LogP contribution in [0, 0.1) is 0 Å². The van der Waals surface area contributed by atoms with Crippen molar-refractivity contribution in [3.8, 4) is 0 Å². The van der Waals surface area contributed by atoms with Crippen LogP contribution >= 0.6 is 34.8 Å².